The van der Waals surface area contributed by atoms with Gasteiger partial charge in [-0.1, -0.05) is 11.6 Å². The van der Waals surface area contributed by atoms with Crippen LogP contribution in [0, 0.1) is 10.1 Å². The molecule has 2 rings (SSSR count). The number of non-ortho nitro benzene ring substituents is 1. The van der Waals surface area contributed by atoms with E-state index in [2.05, 4.69) is 0 Å². The first-order valence-corrected chi connectivity index (χ1v) is 6.21. The zero-order chi connectivity index (χ0) is 14.0. The lowest BCUT2D eigenvalue weighted by atomic mass is 10.2. The fourth-order valence-corrected chi connectivity index (χ4v) is 2.56. The number of hydrogen-bond donors (Lipinski definition) is 0. The first-order valence-electron chi connectivity index (χ1n) is 5.83. The number of benzene rings is 1. The van der Waals surface area contributed by atoms with Crippen molar-refractivity contribution in [2.45, 2.75) is 18.9 Å². The lowest BCUT2D eigenvalue weighted by Gasteiger charge is -2.25. The van der Waals surface area contributed by atoms with Gasteiger partial charge in [-0.05, 0) is 18.9 Å². The number of nitro benzene ring substituents is 1. The van der Waals surface area contributed by atoms with Crippen molar-refractivity contribution in [2.24, 2.45) is 0 Å². The first-order chi connectivity index (χ1) is 9.04. The number of esters is 1. The van der Waals surface area contributed by atoms with Crippen LogP contribution in [0.4, 0.5) is 11.4 Å². The van der Waals surface area contributed by atoms with Gasteiger partial charge in [0, 0.05) is 18.7 Å². The molecule has 102 valence electrons. The fraction of sp³-hybridized carbons (Fsp3) is 0.417. The quantitative estimate of drug-likeness (QED) is 0.484. The minimum atomic E-state index is -0.503. The minimum absolute atomic E-state index is 0.0671. The molecule has 0 saturated carbocycles. The normalized spacial score (nSPS) is 18.4. The van der Waals surface area contributed by atoms with Gasteiger partial charge in [-0.15, -0.1) is 0 Å². The number of carbonyl (C=O) groups excluding carboxylic acids is 1. The van der Waals surface area contributed by atoms with E-state index in [0.29, 0.717) is 18.7 Å². The van der Waals surface area contributed by atoms with E-state index in [4.69, 9.17) is 16.3 Å². The third-order valence-electron chi connectivity index (χ3n) is 3.18. The van der Waals surface area contributed by atoms with Gasteiger partial charge >= 0.3 is 5.97 Å². The Morgan fingerprint density at radius 2 is 2.32 bits per heavy atom. The highest BCUT2D eigenvalue weighted by molar-refractivity contribution is 6.33. The van der Waals surface area contributed by atoms with Crippen LogP contribution in [0.5, 0.6) is 0 Å². The van der Waals surface area contributed by atoms with Crippen molar-refractivity contribution in [3.05, 3.63) is 33.3 Å². The number of rotatable bonds is 3. The van der Waals surface area contributed by atoms with Crippen LogP contribution >= 0.6 is 11.6 Å². The second kappa shape index (κ2) is 5.44. The maximum atomic E-state index is 11.7. The zero-order valence-electron chi connectivity index (χ0n) is 10.3. The summed E-state index contributed by atoms with van der Waals surface area (Å²) in [6.07, 6.45) is 1.55. The molecule has 1 atom stereocenters. The molecule has 7 heteroatoms. The van der Waals surface area contributed by atoms with Crippen LogP contribution in [-0.4, -0.2) is 30.6 Å². The molecule has 1 aliphatic rings. The molecule has 1 aromatic rings. The van der Waals surface area contributed by atoms with E-state index in [1.807, 2.05) is 4.90 Å². The van der Waals surface area contributed by atoms with Crippen molar-refractivity contribution >= 4 is 28.9 Å². The summed E-state index contributed by atoms with van der Waals surface area (Å²) in [7, 11) is 1.34. The van der Waals surface area contributed by atoms with Gasteiger partial charge in [0.15, 0.2) is 0 Å². The van der Waals surface area contributed by atoms with Crippen molar-refractivity contribution < 1.29 is 14.5 Å². The van der Waals surface area contributed by atoms with Crippen molar-refractivity contribution in [1.29, 1.82) is 0 Å². The van der Waals surface area contributed by atoms with Crippen molar-refractivity contribution in [1.82, 2.24) is 0 Å². The Labute approximate surface area is 115 Å². The molecule has 1 aromatic carbocycles. The maximum Gasteiger partial charge on any atom is 0.328 e. The van der Waals surface area contributed by atoms with Crippen LogP contribution in [-0.2, 0) is 9.53 Å². The highest BCUT2D eigenvalue weighted by Crippen LogP contribution is 2.34. The van der Waals surface area contributed by atoms with Gasteiger partial charge in [-0.25, -0.2) is 4.79 Å². The van der Waals surface area contributed by atoms with Gasteiger partial charge in [0.2, 0.25) is 0 Å². The van der Waals surface area contributed by atoms with E-state index >= 15 is 0 Å². The highest BCUT2D eigenvalue weighted by Gasteiger charge is 2.33. The third kappa shape index (κ3) is 2.63. The predicted octanol–water partition coefficient (Wildman–Crippen LogP) is 2.39. The number of hydrogen-bond acceptors (Lipinski definition) is 5. The zero-order valence-corrected chi connectivity index (χ0v) is 11.1. The largest absolute Gasteiger partial charge is 0.467 e. The average Bonchev–Trinajstić information content (AvgIpc) is 2.86. The lowest BCUT2D eigenvalue weighted by Crippen LogP contribution is -2.37. The molecule has 6 nitrogen and oxygen atoms in total. The molecule has 1 aliphatic heterocycles. The Balaban J connectivity index is 2.31. The minimum Gasteiger partial charge on any atom is -0.467 e. The van der Waals surface area contributed by atoms with E-state index in [0.717, 1.165) is 6.42 Å². The van der Waals surface area contributed by atoms with Crippen molar-refractivity contribution in [2.75, 3.05) is 18.6 Å². The third-order valence-corrected chi connectivity index (χ3v) is 3.48. The number of methoxy groups -OCH3 is 1. The summed E-state index contributed by atoms with van der Waals surface area (Å²) in [6, 6.07) is 3.88. The molecule has 1 heterocycles. The Morgan fingerprint density at radius 3 is 2.89 bits per heavy atom. The number of nitrogens with zero attached hydrogens (tertiary/aromatic N) is 2. The number of halogens is 1. The SMILES string of the molecule is COC(=O)C1CCCN1c1ccc([N+](=O)[O-])cc1Cl. The maximum absolute atomic E-state index is 11.7. The standard InChI is InChI=1S/C12H13ClN2O4/c1-19-12(16)11-3-2-6-14(11)10-5-4-8(15(17)18)7-9(10)13/h4-5,7,11H,2-3,6H2,1H3. The van der Waals surface area contributed by atoms with Crippen LogP contribution in [0.1, 0.15) is 12.8 Å². The van der Waals surface area contributed by atoms with Crippen LogP contribution in [0.2, 0.25) is 5.02 Å². The molecule has 0 spiro atoms. The molecule has 0 aliphatic carbocycles. The number of carbonyl (C=O) groups is 1. The summed E-state index contributed by atoms with van der Waals surface area (Å²) in [6.45, 7) is 0.678. The summed E-state index contributed by atoms with van der Waals surface area (Å²) in [5.41, 5.74) is 0.558. The van der Waals surface area contributed by atoms with Crippen molar-refractivity contribution in [3.63, 3.8) is 0 Å². The Hall–Kier alpha value is -1.82. The Bertz CT molecular complexity index is 520. The number of nitro groups is 1. The van der Waals surface area contributed by atoms with Gasteiger partial charge in [0.25, 0.3) is 5.69 Å². The highest BCUT2D eigenvalue weighted by atomic mass is 35.5. The first kappa shape index (κ1) is 13.6. The van der Waals surface area contributed by atoms with Gasteiger partial charge in [-0.2, -0.15) is 0 Å². The summed E-state index contributed by atoms with van der Waals surface area (Å²) in [4.78, 5) is 23.7. The molecule has 0 radical (unpaired) electrons. The molecule has 0 N–H and O–H groups in total. The van der Waals surface area contributed by atoms with Crippen LogP contribution < -0.4 is 4.90 Å². The van der Waals surface area contributed by atoms with E-state index < -0.39 is 4.92 Å². The smallest absolute Gasteiger partial charge is 0.328 e. The second-order valence-corrected chi connectivity index (χ2v) is 4.67. The van der Waals surface area contributed by atoms with Gasteiger partial charge in [0.1, 0.15) is 6.04 Å². The molecule has 19 heavy (non-hydrogen) atoms. The summed E-state index contributed by atoms with van der Waals surface area (Å²) < 4.78 is 4.76. The fourth-order valence-electron chi connectivity index (χ4n) is 2.28. The van der Waals surface area contributed by atoms with E-state index in [1.54, 1.807) is 6.07 Å². The van der Waals surface area contributed by atoms with Gasteiger partial charge in [-0.3, -0.25) is 10.1 Å². The van der Waals surface area contributed by atoms with E-state index in [-0.39, 0.29) is 22.7 Å². The number of ether oxygens (including phenoxy) is 1. The summed E-state index contributed by atoms with van der Waals surface area (Å²) in [5, 5.41) is 10.9. The average molecular weight is 285 g/mol. The molecule has 0 amide bonds. The Morgan fingerprint density at radius 1 is 1.58 bits per heavy atom. The second-order valence-electron chi connectivity index (χ2n) is 4.27. The predicted molar refractivity (Wildman–Crippen MR) is 70.5 cm³/mol. The number of anilines is 1. The molecule has 1 fully saturated rings. The lowest BCUT2D eigenvalue weighted by molar-refractivity contribution is -0.384. The van der Waals surface area contributed by atoms with Crippen LogP contribution in [0.3, 0.4) is 0 Å². The van der Waals surface area contributed by atoms with E-state index in [1.165, 1.54) is 19.2 Å². The van der Waals surface area contributed by atoms with Gasteiger partial charge in [0.05, 0.1) is 22.7 Å². The summed E-state index contributed by atoms with van der Waals surface area (Å²) >= 11 is 6.07. The monoisotopic (exact) mass is 284 g/mol. The molecule has 0 bridgehead atoms. The van der Waals surface area contributed by atoms with Gasteiger partial charge < -0.3 is 9.64 Å². The van der Waals surface area contributed by atoms with Crippen LogP contribution in [0.15, 0.2) is 18.2 Å². The Kier molecular flexibility index (Phi) is 3.90. The van der Waals surface area contributed by atoms with Crippen LogP contribution in [0.25, 0.3) is 0 Å². The summed E-state index contributed by atoms with van der Waals surface area (Å²) in [5.74, 6) is -0.313. The molecule has 1 saturated heterocycles. The van der Waals surface area contributed by atoms with Crippen molar-refractivity contribution in [3.8, 4) is 0 Å². The molecular formula is C12H13ClN2O4. The molecule has 0 aromatic heterocycles. The van der Waals surface area contributed by atoms with E-state index in [9.17, 15) is 14.9 Å². The topological polar surface area (TPSA) is 72.7 Å². The molecular weight excluding hydrogens is 272 g/mol. The molecule has 1 unspecified atom stereocenters.